The normalized spacial score (nSPS) is 13.6. The molecule has 1 aromatic heterocycles. The van der Waals surface area contributed by atoms with Crippen LogP contribution in [0.1, 0.15) is 45.2 Å². The van der Waals surface area contributed by atoms with Crippen molar-refractivity contribution in [1.29, 1.82) is 0 Å². The molecule has 108 valence electrons. The summed E-state index contributed by atoms with van der Waals surface area (Å²) in [5.74, 6) is 0. The van der Waals surface area contributed by atoms with E-state index in [1.165, 1.54) is 0 Å². The molecule has 0 amide bonds. The highest BCUT2D eigenvalue weighted by atomic mass is 16.5. The van der Waals surface area contributed by atoms with Crippen molar-refractivity contribution in [1.82, 2.24) is 4.98 Å². The molecule has 3 heteroatoms. The van der Waals surface area contributed by atoms with Gasteiger partial charge in [0.15, 0.2) is 0 Å². The maximum atomic E-state index is 6.59. The van der Waals surface area contributed by atoms with Crippen LogP contribution in [0, 0.1) is 0 Å². The van der Waals surface area contributed by atoms with Crippen molar-refractivity contribution >= 4 is 10.9 Å². The number of hydrogen-bond acceptors (Lipinski definition) is 3. The van der Waals surface area contributed by atoms with E-state index in [1.807, 2.05) is 31.3 Å². The van der Waals surface area contributed by atoms with Crippen LogP contribution in [-0.2, 0) is 4.74 Å². The summed E-state index contributed by atoms with van der Waals surface area (Å²) in [4.78, 5) is 4.41. The third kappa shape index (κ3) is 2.56. The number of rotatable bonds is 6. The molecule has 1 atom stereocenters. The first-order valence-electron chi connectivity index (χ1n) is 7.41. The van der Waals surface area contributed by atoms with Crippen molar-refractivity contribution in [2.24, 2.45) is 5.73 Å². The van der Waals surface area contributed by atoms with E-state index in [1.54, 1.807) is 0 Å². The van der Waals surface area contributed by atoms with Crippen LogP contribution in [0.25, 0.3) is 10.9 Å². The van der Waals surface area contributed by atoms with Gasteiger partial charge in [0.1, 0.15) is 0 Å². The van der Waals surface area contributed by atoms with Crippen molar-refractivity contribution in [3.63, 3.8) is 0 Å². The number of benzene rings is 1. The first-order chi connectivity index (χ1) is 9.68. The third-order valence-electron chi connectivity index (χ3n) is 4.21. The zero-order chi connectivity index (χ0) is 14.6. The average molecular weight is 272 g/mol. The molecule has 1 unspecified atom stereocenters. The van der Waals surface area contributed by atoms with E-state index in [0.29, 0.717) is 6.61 Å². The molecule has 0 fully saturated rings. The Kier molecular flexibility index (Phi) is 4.73. The molecule has 20 heavy (non-hydrogen) atoms. The minimum atomic E-state index is -0.307. The maximum Gasteiger partial charge on any atom is 0.0869 e. The van der Waals surface area contributed by atoms with Crippen molar-refractivity contribution in [2.45, 2.75) is 45.3 Å². The molecule has 0 radical (unpaired) electrons. The Hall–Kier alpha value is -1.45. The van der Waals surface area contributed by atoms with Crippen LogP contribution in [0.2, 0.25) is 0 Å². The smallest absolute Gasteiger partial charge is 0.0869 e. The van der Waals surface area contributed by atoms with Gasteiger partial charge in [-0.3, -0.25) is 4.98 Å². The molecule has 0 saturated heterocycles. The quantitative estimate of drug-likeness (QED) is 0.869. The van der Waals surface area contributed by atoms with Gasteiger partial charge in [-0.05, 0) is 37.5 Å². The highest BCUT2D eigenvalue weighted by molar-refractivity contribution is 5.82. The fourth-order valence-electron chi connectivity index (χ4n) is 2.95. The molecule has 2 aromatic rings. The van der Waals surface area contributed by atoms with Crippen molar-refractivity contribution < 1.29 is 4.74 Å². The predicted octanol–water partition coefficient (Wildman–Crippen LogP) is 3.83. The van der Waals surface area contributed by atoms with Gasteiger partial charge in [0.05, 0.1) is 17.2 Å². The molecule has 3 nitrogen and oxygen atoms in total. The van der Waals surface area contributed by atoms with Gasteiger partial charge in [0.25, 0.3) is 0 Å². The minimum absolute atomic E-state index is 0.148. The van der Waals surface area contributed by atoms with Gasteiger partial charge in [-0.15, -0.1) is 0 Å². The van der Waals surface area contributed by atoms with Gasteiger partial charge in [-0.25, -0.2) is 0 Å². The minimum Gasteiger partial charge on any atom is -0.373 e. The first kappa shape index (κ1) is 14.9. The number of nitrogens with two attached hydrogens (primary N) is 1. The molecule has 0 saturated carbocycles. The van der Waals surface area contributed by atoms with E-state index in [4.69, 9.17) is 10.5 Å². The summed E-state index contributed by atoms with van der Waals surface area (Å²) in [5.41, 5.74) is 8.39. The van der Waals surface area contributed by atoms with E-state index in [-0.39, 0.29) is 11.6 Å². The van der Waals surface area contributed by atoms with Gasteiger partial charge >= 0.3 is 0 Å². The topological polar surface area (TPSA) is 48.1 Å². The molecule has 0 bridgehead atoms. The number of aromatic nitrogens is 1. The van der Waals surface area contributed by atoms with E-state index in [2.05, 4.69) is 31.0 Å². The van der Waals surface area contributed by atoms with Crippen molar-refractivity contribution in [3.05, 3.63) is 42.1 Å². The highest BCUT2D eigenvalue weighted by Gasteiger charge is 2.35. The number of ether oxygens (including phenoxy) is 1. The molecular weight excluding hydrogens is 248 g/mol. The lowest BCUT2D eigenvalue weighted by Gasteiger charge is -2.38. The summed E-state index contributed by atoms with van der Waals surface area (Å²) in [6, 6.07) is 10.0. The van der Waals surface area contributed by atoms with Crippen molar-refractivity contribution in [2.75, 3.05) is 6.61 Å². The maximum absolute atomic E-state index is 6.59. The van der Waals surface area contributed by atoms with Gasteiger partial charge in [0.2, 0.25) is 0 Å². The van der Waals surface area contributed by atoms with E-state index >= 15 is 0 Å². The van der Waals surface area contributed by atoms with Crippen LogP contribution in [0.3, 0.4) is 0 Å². The molecule has 1 heterocycles. The Labute approximate surface area is 121 Å². The Morgan fingerprint density at radius 2 is 1.90 bits per heavy atom. The van der Waals surface area contributed by atoms with Gasteiger partial charge in [-0.2, -0.15) is 0 Å². The molecule has 0 aliphatic carbocycles. The van der Waals surface area contributed by atoms with Crippen LogP contribution in [0.4, 0.5) is 0 Å². The zero-order valence-electron chi connectivity index (χ0n) is 12.6. The number of pyridine rings is 1. The Balaban J connectivity index is 2.51. The van der Waals surface area contributed by atoms with Gasteiger partial charge in [-0.1, -0.05) is 32.0 Å². The largest absolute Gasteiger partial charge is 0.373 e. The van der Waals surface area contributed by atoms with E-state index in [0.717, 1.165) is 29.3 Å². The lowest BCUT2D eigenvalue weighted by Crippen LogP contribution is -2.43. The van der Waals surface area contributed by atoms with Gasteiger partial charge in [0, 0.05) is 18.2 Å². The molecule has 1 aromatic carbocycles. The van der Waals surface area contributed by atoms with Crippen LogP contribution < -0.4 is 5.73 Å². The number of fused-ring (bicyclic) bond motifs is 1. The van der Waals surface area contributed by atoms with Crippen LogP contribution >= 0.6 is 0 Å². The summed E-state index contributed by atoms with van der Waals surface area (Å²) >= 11 is 0. The van der Waals surface area contributed by atoms with E-state index in [9.17, 15) is 0 Å². The summed E-state index contributed by atoms with van der Waals surface area (Å²) in [5, 5.41) is 1.12. The second-order valence-electron chi connectivity index (χ2n) is 5.10. The first-order valence-corrected chi connectivity index (χ1v) is 7.41. The lowest BCUT2D eigenvalue weighted by molar-refractivity contribution is -0.0642. The molecular formula is C17H24N2O. The lowest BCUT2D eigenvalue weighted by atomic mass is 9.83. The molecule has 0 aliphatic heterocycles. The van der Waals surface area contributed by atoms with E-state index < -0.39 is 0 Å². The summed E-state index contributed by atoms with van der Waals surface area (Å²) in [6.07, 6.45) is 3.61. The van der Waals surface area contributed by atoms with Crippen LogP contribution in [0.5, 0.6) is 0 Å². The Bertz CT molecular complexity index is 558. The van der Waals surface area contributed by atoms with Gasteiger partial charge < -0.3 is 10.5 Å². The molecule has 0 aliphatic rings. The molecule has 2 N–H and O–H groups in total. The Morgan fingerprint density at radius 3 is 2.55 bits per heavy atom. The summed E-state index contributed by atoms with van der Waals surface area (Å²) < 4.78 is 6.05. The predicted molar refractivity (Wildman–Crippen MR) is 83.6 cm³/mol. The number of nitrogens with zero attached hydrogens (tertiary/aromatic N) is 1. The number of hydrogen-bond donors (Lipinski definition) is 1. The SMILES string of the molecule is CCOC(CC)(CC)C(N)c1cccc2ncccc12. The average Bonchev–Trinajstić information content (AvgIpc) is 2.51. The summed E-state index contributed by atoms with van der Waals surface area (Å²) in [7, 11) is 0. The highest BCUT2D eigenvalue weighted by Crippen LogP contribution is 2.36. The monoisotopic (exact) mass is 272 g/mol. The second-order valence-corrected chi connectivity index (χ2v) is 5.10. The fourth-order valence-corrected chi connectivity index (χ4v) is 2.95. The fraction of sp³-hybridized carbons (Fsp3) is 0.471. The Morgan fingerprint density at radius 1 is 1.15 bits per heavy atom. The van der Waals surface area contributed by atoms with Crippen molar-refractivity contribution in [3.8, 4) is 0 Å². The standard InChI is InChI=1S/C17H24N2O/c1-4-17(5-2,20-6-3)16(18)14-9-7-11-15-13(14)10-8-12-19-15/h7-12,16H,4-6,18H2,1-3H3. The van der Waals surface area contributed by atoms with Crippen LogP contribution in [-0.4, -0.2) is 17.2 Å². The molecule has 2 rings (SSSR count). The summed E-state index contributed by atoms with van der Waals surface area (Å²) in [6.45, 7) is 6.99. The zero-order valence-corrected chi connectivity index (χ0v) is 12.6. The van der Waals surface area contributed by atoms with Crippen LogP contribution in [0.15, 0.2) is 36.5 Å². The third-order valence-corrected chi connectivity index (χ3v) is 4.21. The second kappa shape index (κ2) is 6.33. The molecule has 0 spiro atoms.